The summed E-state index contributed by atoms with van der Waals surface area (Å²) in [4.78, 5) is 2.82. The Morgan fingerprint density at radius 1 is 0.829 bits per heavy atom. The first-order valence-corrected chi connectivity index (χ1v) is 14.1. The number of nitrogens with zero attached hydrogens (tertiary/aromatic N) is 1. The second kappa shape index (κ2) is 9.43. The molecule has 1 aliphatic heterocycles. The van der Waals surface area contributed by atoms with Crippen LogP contribution in [0.15, 0.2) is 83.3 Å². The second-order valence-corrected chi connectivity index (χ2v) is 13.6. The van der Waals surface area contributed by atoms with E-state index in [1.165, 1.54) is 48.1 Å². The largest absolute Gasteiger partial charge is 0.361 e. The summed E-state index contributed by atoms with van der Waals surface area (Å²) in [6.07, 6.45) is 5.18. The van der Waals surface area contributed by atoms with Crippen molar-refractivity contribution in [2.24, 2.45) is 11.3 Å². The zero-order valence-corrected chi connectivity index (χ0v) is 23.6. The third-order valence-electron chi connectivity index (χ3n) is 8.56. The number of para-hydroxylation sites is 1. The molecule has 3 aromatic rings. The Labute approximate surface area is 221 Å². The number of fused-ring (bicyclic) bond motifs is 1. The van der Waals surface area contributed by atoms with Gasteiger partial charge in [-0.15, -0.1) is 0 Å². The number of piperidine rings is 1. The molecule has 0 radical (unpaired) electrons. The number of halogens is 1. The summed E-state index contributed by atoms with van der Waals surface area (Å²) in [5, 5.41) is 0. The molecule has 0 spiro atoms. The monoisotopic (exact) mass is 529 g/mol. The van der Waals surface area contributed by atoms with Crippen LogP contribution in [0.5, 0.6) is 0 Å². The van der Waals surface area contributed by atoms with Crippen molar-refractivity contribution in [3.63, 3.8) is 0 Å². The number of hydrogen-bond donors (Lipinski definition) is 0. The van der Waals surface area contributed by atoms with Gasteiger partial charge in [0.1, 0.15) is 0 Å². The molecule has 3 aromatic carbocycles. The van der Waals surface area contributed by atoms with Gasteiger partial charge in [-0.25, -0.2) is 0 Å². The molecule has 0 aromatic heterocycles. The Morgan fingerprint density at radius 3 is 2.09 bits per heavy atom. The van der Waals surface area contributed by atoms with Crippen LogP contribution in [-0.4, -0.2) is 6.04 Å². The highest BCUT2D eigenvalue weighted by Gasteiger charge is 2.48. The third kappa shape index (κ3) is 5.10. The highest BCUT2D eigenvalue weighted by molar-refractivity contribution is 9.10. The molecule has 5 rings (SSSR count). The maximum absolute atomic E-state index is 3.67. The minimum Gasteiger partial charge on any atom is -0.361 e. The van der Waals surface area contributed by atoms with E-state index in [1.807, 2.05) is 0 Å². The van der Waals surface area contributed by atoms with Crippen LogP contribution in [0.25, 0.3) is 0 Å². The fraction of sp³-hybridized carbons (Fsp3) is 0.455. The molecule has 4 unspecified atom stereocenters. The second-order valence-electron chi connectivity index (χ2n) is 12.7. The molecule has 1 aliphatic carbocycles. The van der Waals surface area contributed by atoms with E-state index in [0.717, 1.165) is 10.4 Å². The van der Waals surface area contributed by atoms with Crippen LogP contribution in [-0.2, 0) is 5.41 Å². The summed E-state index contributed by atoms with van der Waals surface area (Å²) >= 11 is 3.67. The lowest BCUT2D eigenvalue weighted by Gasteiger charge is -2.56. The topological polar surface area (TPSA) is 3.24 Å². The van der Waals surface area contributed by atoms with Crippen molar-refractivity contribution < 1.29 is 0 Å². The fourth-order valence-electron chi connectivity index (χ4n) is 6.61. The Morgan fingerprint density at radius 2 is 1.46 bits per heavy atom. The van der Waals surface area contributed by atoms with Crippen molar-refractivity contribution >= 4 is 21.6 Å². The molecular weight excluding hydrogens is 490 g/mol. The number of benzene rings is 3. The lowest BCUT2D eigenvalue weighted by Crippen LogP contribution is -2.53. The van der Waals surface area contributed by atoms with Gasteiger partial charge in [-0.1, -0.05) is 105 Å². The maximum atomic E-state index is 3.67. The molecule has 2 heteroatoms. The first kappa shape index (κ1) is 24.6. The Kier molecular flexibility index (Phi) is 6.64. The van der Waals surface area contributed by atoms with Gasteiger partial charge in [-0.05, 0) is 83.4 Å². The standard InChI is InChI=1S/C33H40BrN/c1-32(2,3)26-15-11-23(12-16-26)29-21-25-19-20-33(4,5)22-30(25)35(28-9-7-6-8-10-28)31(29)24-13-17-27(34)18-14-24/h6-18,25,29-31H,19-22H2,1-5H3. The zero-order valence-electron chi connectivity index (χ0n) is 22.0. The van der Waals surface area contributed by atoms with Gasteiger partial charge in [0, 0.05) is 22.1 Å². The van der Waals surface area contributed by atoms with Crippen LogP contribution >= 0.6 is 15.9 Å². The van der Waals surface area contributed by atoms with Gasteiger partial charge in [0.05, 0.1) is 6.04 Å². The molecular formula is C33H40BrN. The van der Waals surface area contributed by atoms with Gasteiger partial charge in [0.15, 0.2) is 0 Å². The summed E-state index contributed by atoms with van der Waals surface area (Å²) in [6, 6.07) is 30.8. The van der Waals surface area contributed by atoms with Crippen LogP contribution in [0.3, 0.4) is 0 Å². The van der Waals surface area contributed by atoms with Crippen molar-refractivity contribution in [3.05, 3.63) is 100 Å². The normalized spacial score (nSPS) is 26.3. The zero-order chi connectivity index (χ0) is 24.8. The van der Waals surface area contributed by atoms with E-state index >= 15 is 0 Å². The highest BCUT2D eigenvalue weighted by atomic mass is 79.9. The summed E-state index contributed by atoms with van der Waals surface area (Å²) in [5.74, 6) is 1.19. The van der Waals surface area contributed by atoms with Gasteiger partial charge in [-0.3, -0.25) is 0 Å². The highest BCUT2D eigenvalue weighted by Crippen LogP contribution is 2.55. The SMILES string of the molecule is CC1(C)CCC2CC(c3ccc(C(C)(C)C)cc3)C(c3ccc(Br)cc3)N(c3ccccc3)C2C1. The molecule has 0 amide bonds. The van der Waals surface area contributed by atoms with Crippen LogP contribution in [0.1, 0.15) is 89.0 Å². The average Bonchev–Trinajstić information content (AvgIpc) is 2.83. The van der Waals surface area contributed by atoms with Gasteiger partial charge in [0.2, 0.25) is 0 Å². The number of rotatable bonds is 3. The first-order valence-electron chi connectivity index (χ1n) is 13.3. The molecule has 184 valence electrons. The quantitative estimate of drug-likeness (QED) is 0.326. The van der Waals surface area contributed by atoms with Crippen molar-refractivity contribution in [1.29, 1.82) is 0 Å². The summed E-state index contributed by atoms with van der Waals surface area (Å²) in [7, 11) is 0. The molecule has 0 bridgehead atoms. The molecule has 1 saturated carbocycles. The van der Waals surface area contributed by atoms with E-state index in [2.05, 4.69) is 134 Å². The predicted molar refractivity (Wildman–Crippen MR) is 153 cm³/mol. The van der Waals surface area contributed by atoms with Crippen molar-refractivity contribution in [2.45, 2.75) is 83.7 Å². The van der Waals surface area contributed by atoms with E-state index in [1.54, 1.807) is 0 Å². The van der Waals surface area contributed by atoms with E-state index < -0.39 is 0 Å². The number of anilines is 1. The Bertz CT molecular complexity index is 1120. The van der Waals surface area contributed by atoms with Crippen LogP contribution in [0.2, 0.25) is 0 Å². The molecule has 1 heterocycles. The summed E-state index contributed by atoms with van der Waals surface area (Å²) < 4.78 is 1.14. The van der Waals surface area contributed by atoms with Crippen LogP contribution < -0.4 is 4.90 Å². The van der Waals surface area contributed by atoms with E-state index in [4.69, 9.17) is 0 Å². The van der Waals surface area contributed by atoms with Crippen molar-refractivity contribution in [3.8, 4) is 0 Å². The average molecular weight is 531 g/mol. The summed E-state index contributed by atoms with van der Waals surface area (Å²) in [6.45, 7) is 11.9. The fourth-order valence-corrected chi connectivity index (χ4v) is 6.88. The minimum atomic E-state index is 0.173. The third-order valence-corrected chi connectivity index (χ3v) is 9.09. The van der Waals surface area contributed by atoms with Gasteiger partial charge >= 0.3 is 0 Å². The molecule has 0 N–H and O–H groups in total. The minimum absolute atomic E-state index is 0.173. The lowest BCUT2D eigenvalue weighted by atomic mass is 9.63. The van der Waals surface area contributed by atoms with E-state index in [9.17, 15) is 0 Å². The van der Waals surface area contributed by atoms with Crippen LogP contribution in [0.4, 0.5) is 5.69 Å². The first-order chi connectivity index (χ1) is 16.6. The molecule has 4 atom stereocenters. The smallest absolute Gasteiger partial charge is 0.0614 e. The number of hydrogen-bond acceptors (Lipinski definition) is 1. The molecule has 2 aliphatic rings. The Hall–Kier alpha value is -2.06. The lowest BCUT2D eigenvalue weighted by molar-refractivity contribution is 0.112. The molecule has 1 nitrogen and oxygen atoms in total. The maximum Gasteiger partial charge on any atom is 0.0614 e. The van der Waals surface area contributed by atoms with Crippen LogP contribution in [0, 0.1) is 11.3 Å². The predicted octanol–water partition coefficient (Wildman–Crippen LogP) is 9.68. The molecule has 1 saturated heterocycles. The van der Waals surface area contributed by atoms with E-state index in [0.29, 0.717) is 23.4 Å². The van der Waals surface area contributed by atoms with Gasteiger partial charge in [0.25, 0.3) is 0 Å². The van der Waals surface area contributed by atoms with E-state index in [-0.39, 0.29) is 5.41 Å². The summed E-state index contributed by atoms with van der Waals surface area (Å²) in [5.41, 5.74) is 6.24. The van der Waals surface area contributed by atoms with Crippen molar-refractivity contribution in [1.82, 2.24) is 0 Å². The van der Waals surface area contributed by atoms with Gasteiger partial charge in [-0.2, -0.15) is 0 Å². The van der Waals surface area contributed by atoms with Gasteiger partial charge < -0.3 is 4.90 Å². The van der Waals surface area contributed by atoms with Crippen molar-refractivity contribution in [2.75, 3.05) is 4.90 Å². The molecule has 2 fully saturated rings. The molecule has 35 heavy (non-hydrogen) atoms. The Balaban J connectivity index is 1.65.